The molecule has 1 fully saturated rings. The molecule has 0 bridgehead atoms. The zero-order valence-electron chi connectivity index (χ0n) is 22.5. The number of sulfonamides is 1. The second-order valence-electron chi connectivity index (χ2n) is 9.82. The van der Waals surface area contributed by atoms with Crippen LogP contribution in [0.5, 0.6) is 0 Å². The summed E-state index contributed by atoms with van der Waals surface area (Å²) in [6.45, 7) is 6.25. The fourth-order valence-corrected chi connectivity index (χ4v) is 6.72. The quantitative estimate of drug-likeness (QED) is 0.417. The molecule has 1 saturated carbocycles. The minimum absolute atomic E-state index is 0.0114. The van der Waals surface area contributed by atoms with Gasteiger partial charge in [0.15, 0.2) is 0 Å². The zero-order chi connectivity index (χ0) is 27.3. The van der Waals surface area contributed by atoms with Crippen LogP contribution in [0, 0.1) is 0 Å². The van der Waals surface area contributed by atoms with Crippen molar-refractivity contribution in [2.45, 2.75) is 63.4 Å². The van der Waals surface area contributed by atoms with Crippen molar-refractivity contribution in [2.24, 2.45) is 0 Å². The molecule has 1 aliphatic rings. The number of pyridine rings is 1. The Labute approximate surface area is 225 Å². The van der Waals surface area contributed by atoms with Gasteiger partial charge in [-0.15, -0.1) is 0 Å². The van der Waals surface area contributed by atoms with E-state index in [0.29, 0.717) is 25.2 Å². The van der Waals surface area contributed by atoms with Crippen molar-refractivity contribution in [3.05, 3.63) is 70.5 Å². The summed E-state index contributed by atoms with van der Waals surface area (Å²) in [5.74, 6) is -0.462. The molecular formula is C29H38N4O4S. The van der Waals surface area contributed by atoms with Crippen LogP contribution in [0.2, 0.25) is 0 Å². The number of carbonyl (C=O) groups is 1. The first-order chi connectivity index (χ1) is 18.3. The van der Waals surface area contributed by atoms with Crippen LogP contribution in [0.1, 0.15) is 56.3 Å². The Morgan fingerprint density at radius 3 is 2.42 bits per heavy atom. The van der Waals surface area contributed by atoms with Gasteiger partial charge in [-0.25, -0.2) is 8.42 Å². The van der Waals surface area contributed by atoms with Gasteiger partial charge >= 0.3 is 0 Å². The third-order valence-corrected chi connectivity index (χ3v) is 9.48. The number of hydrogen-bond donors (Lipinski definition) is 1. The first-order valence-corrected chi connectivity index (χ1v) is 14.9. The number of benzene rings is 2. The van der Waals surface area contributed by atoms with Crippen molar-refractivity contribution >= 4 is 32.5 Å². The Balaban J connectivity index is 1.59. The maximum Gasteiger partial charge on any atom is 0.256 e. The third-order valence-electron chi connectivity index (χ3n) is 7.57. The molecular weight excluding hydrogens is 500 g/mol. The molecule has 1 aromatic heterocycles. The number of anilines is 1. The van der Waals surface area contributed by atoms with Gasteiger partial charge in [-0.1, -0.05) is 37.5 Å². The van der Waals surface area contributed by atoms with E-state index in [-0.39, 0.29) is 21.9 Å². The first kappa shape index (κ1) is 27.9. The summed E-state index contributed by atoms with van der Waals surface area (Å²) < 4.78 is 30.2. The summed E-state index contributed by atoms with van der Waals surface area (Å²) in [6.07, 6.45) is 6.42. The molecule has 0 saturated heterocycles. The molecule has 1 N–H and O–H groups in total. The standard InChI is InChI=1S/C29H38N4O4S/c1-4-32(23-14-10-7-11-15-23)19-18-30-29(35)26-21-33(5-2)27-17-16-24(20-25(27)28(26)34)38(36,37)31(3)22-12-8-6-9-13-22/h7,10-11,14-17,20-22H,4-6,8-9,12-13,18-19H2,1-3H3,(H,30,35). The summed E-state index contributed by atoms with van der Waals surface area (Å²) in [4.78, 5) is 28.8. The summed E-state index contributed by atoms with van der Waals surface area (Å²) in [5.41, 5.74) is 1.22. The molecule has 38 heavy (non-hydrogen) atoms. The van der Waals surface area contributed by atoms with Gasteiger partial charge in [0.25, 0.3) is 5.91 Å². The van der Waals surface area contributed by atoms with Crippen molar-refractivity contribution in [3.8, 4) is 0 Å². The highest BCUT2D eigenvalue weighted by Gasteiger charge is 2.29. The average molecular weight is 539 g/mol. The lowest BCUT2D eigenvalue weighted by molar-refractivity contribution is 0.0953. The lowest BCUT2D eigenvalue weighted by atomic mass is 9.96. The van der Waals surface area contributed by atoms with E-state index < -0.39 is 21.4 Å². The highest BCUT2D eigenvalue weighted by molar-refractivity contribution is 7.89. The van der Waals surface area contributed by atoms with Crippen molar-refractivity contribution < 1.29 is 13.2 Å². The van der Waals surface area contributed by atoms with Crippen LogP contribution >= 0.6 is 0 Å². The molecule has 1 amide bonds. The van der Waals surface area contributed by atoms with E-state index in [4.69, 9.17) is 0 Å². The number of amides is 1. The minimum atomic E-state index is -3.77. The lowest BCUT2D eigenvalue weighted by Crippen LogP contribution is -2.38. The average Bonchev–Trinajstić information content (AvgIpc) is 2.95. The molecule has 9 heteroatoms. The molecule has 204 valence electrons. The van der Waals surface area contributed by atoms with E-state index in [0.717, 1.165) is 44.3 Å². The Morgan fingerprint density at radius 1 is 1.05 bits per heavy atom. The highest BCUT2D eigenvalue weighted by Crippen LogP contribution is 2.27. The molecule has 3 aromatic rings. The van der Waals surface area contributed by atoms with E-state index in [1.807, 2.05) is 41.8 Å². The smallest absolute Gasteiger partial charge is 0.256 e. The van der Waals surface area contributed by atoms with Gasteiger partial charge < -0.3 is 14.8 Å². The molecule has 1 aliphatic carbocycles. The van der Waals surface area contributed by atoms with Gasteiger partial charge in [-0.2, -0.15) is 4.31 Å². The van der Waals surface area contributed by atoms with Crippen molar-refractivity contribution in [3.63, 3.8) is 0 Å². The monoisotopic (exact) mass is 538 g/mol. The Kier molecular flexibility index (Phi) is 8.89. The second kappa shape index (κ2) is 12.1. The molecule has 2 aromatic carbocycles. The predicted molar refractivity (Wildman–Crippen MR) is 152 cm³/mol. The van der Waals surface area contributed by atoms with E-state index in [9.17, 15) is 18.0 Å². The van der Waals surface area contributed by atoms with Crippen LogP contribution in [-0.4, -0.2) is 55.9 Å². The maximum absolute atomic E-state index is 13.5. The number of nitrogens with zero attached hydrogens (tertiary/aromatic N) is 3. The Morgan fingerprint density at radius 2 is 1.76 bits per heavy atom. The van der Waals surface area contributed by atoms with Crippen LogP contribution in [0.3, 0.4) is 0 Å². The zero-order valence-corrected chi connectivity index (χ0v) is 23.3. The molecule has 0 atom stereocenters. The molecule has 0 aliphatic heterocycles. The van der Waals surface area contributed by atoms with Gasteiger partial charge in [0, 0.05) is 56.5 Å². The van der Waals surface area contributed by atoms with Gasteiger partial charge in [0.1, 0.15) is 5.56 Å². The summed E-state index contributed by atoms with van der Waals surface area (Å²) in [7, 11) is -2.15. The number of carbonyl (C=O) groups excluding carboxylic acids is 1. The fraction of sp³-hybridized carbons (Fsp3) is 0.448. The van der Waals surface area contributed by atoms with Gasteiger partial charge in [0.2, 0.25) is 15.5 Å². The number of likely N-dealkylation sites (N-methyl/N-ethyl adjacent to an activating group) is 1. The second-order valence-corrected chi connectivity index (χ2v) is 11.8. The molecule has 0 radical (unpaired) electrons. The molecule has 4 rings (SSSR count). The molecule has 0 spiro atoms. The molecule has 0 unspecified atom stereocenters. The van der Waals surface area contributed by atoms with Gasteiger partial charge in [-0.3, -0.25) is 9.59 Å². The van der Waals surface area contributed by atoms with Crippen LogP contribution < -0.4 is 15.6 Å². The first-order valence-electron chi connectivity index (χ1n) is 13.5. The van der Waals surface area contributed by atoms with Gasteiger partial charge in [0.05, 0.1) is 10.4 Å². The van der Waals surface area contributed by atoms with Crippen LogP contribution in [-0.2, 0) is 16.6 Å². The number of aromatic nitrogens is 1. The summed E-state index contributed by atoms with van der Waals surface area (Å²) in [6, 6.07) is 14.6. The van der Waals surface area contributed by atoms with Gasteiger partial charge in [-0.05, 0) is 57.0 Å². The van der Waals surface area contributed by atoms with Crippen LogP contribution in [0.15, 0.2) is 64.4 Å². The number of rotatable bonds is 10. The maximum atomic E-state index is 13.5. The molecule has 8 nitrogen and oxygen atoms in total. The van der Waals surface area contributed by atoms with E-state index in [1.54, 1.807) is 25.4 Å². The summed E-state index contributed by atoms with van der Waals surface area (Å²) >= 11 is 0. The largest absolute Gasteiger partial charge is 0.370 e. The Bertz CT molecular complexity index is 1430. The number of aryl methyl sites for hydroxylation is 1. The number of para-hydroxylation sites is 1. The molecule has 1 heterocycles. The van der Waals surface area contributed by atoms with Crippen LogP contribution in [0.4, 0.5) is 5.69 Å². The normalized spacial score (nSPS) is 14.6. The fourth-order valence-electron chi connectivity index (χ4n) is 5.28. The predicted octanol–water partition coefficient (Wildman–Crippen LogP) is 4.23. The van der Waals surface area contributed by atoms with Crippen LogP contribution in [0.25, 0.3) is 10.9 Å². The highest BCUT2D eigenvalue weighted by atomic mass is 32.2. The van der Waals surface area contributed by atoms with Crippen molar-refractivity contribution in [2.75, 3.05) is 31.6 Å². The van der Waals surface area contributed by atoms with E-state index in [1.165, 1.54) is 10.4 Å². The van der Waals surface area contributed by atoms with E-state index in [2.05, 4.69) is 17.1 Å². The van der Waals surface area contributed by atoms with E-state index >= 15 is 0 Å². The lowest BCUT2D eigenvalue weighted by Gasteiger charge is -2.30. The summed E-state index contributed by atoms with van der Waals surface area (Å²) in [5, 5.41) is 3.11. The van der Waals surface area contributed by atoms with Crippen molar-refractivity contribution in [1.82, 2.24) is 14.2 Å². The topological polar surface area (TPSA) is 91.7 Å². The van der Waals surface area contributed by atoms with Crippen molar-refractivity contribution in [1.29, 1.82) is 0 Å². The number of hydrogen-bond acceptors (Lipinski definition) is 5. The number of fused-ring (bicyclic) bond motifs is 1. The Hall–Kier alpha value is -3.17. The minimum Gasteiger partial charge on any atom is -0.370 e. The third kappa shape index (κ3) is 5.78. The SMILES string of the molecule is CCN(CCNC(=O)c1cn(CC)c2ccc(S(=O)(=O)N(C)C3CCCCC3)cc2c1=O)c1ccccc1. The number of nitrogens with one attached hydrogen (secondary N) is 1.